The maximum atomic E-state index is 13.1. The number of halogens is 1. The molecule has 0 aliphatic carbocycles. The van der Waals surface area contributed by atoms with Crippen LogP contribution in [0.15, 0.2) is 29.3 Å². The van der Waals surface area contributed by atoms with Crippen molar-refractivity contribution in [3.8, 4) is 0 Å². The molecule has 1 unspecified atom stereocenters. The van der Waals surface area contributed by atoms with Crippen molar-refractivity contribution in [1.82, 2.24) is 0 Å². The topological polar surface area (TPSA) is 29.4 Å². The van der Waals surface area contributed by atoms with Crippen molar-refractivity contribution in [2.45, 2.75) is 26.6 Å². The van der Waals surface area contributed by atoms with Crippen LogP contribution in [0.1, 0.15) is 31.3 Å². The summed E-state index contributed by atoms with van der Waals surface area (Å²) in [6.07, 6.45) is 0.592. The molecule has 0 saturated carbocycles. The molecule has 80 valence electrons. The fraction of sp³-hybridized carbons (Fsp3) is 0.417. The molecule has 0 bridgehead atoms. The van der Waals surface area contributed by atoms with E-state index in [0.29, 0.717) is 11.5 Å². The largest absolute Gasteiger partial charge is 0.238 e. The molecule has 0 heterocycles. The Hall–Kier alpha value is -1.47. The van der Waals surface area contributed by atoms with Crippen LogP contribution in [-0.2, 0) is 11.2 Å². The number of isocyanates is 1. The van der Waals surface area contributed by atoms with Crippen molar-refractivity contribution in [3.63, 3.8) is 0 Å². The maximum Gasteiger partial charge on any atom is 0.238 e. The number of aliphatic imine (C=N–C) groups is 1. The lowest BCUT2D eigenvalue weighted by atomic mass is 10.0. The van der Waals surface area contributed by atoms with Crippen molar-refractivity contribution in [2.75, 3.05) is 0 Å². The monoisotopic (exact) mass is 207 g/mol. The summed E-state index contributed by atoms with van der Waals surface area (Å²) < 4.78 is 13.1. The van der Waals surface area contributed by atoms with Crippen molar-refractivity contribution in [3.05, 3.63) is 35.4 Å². The molecule has 1 rings (SSSR count). The van der Waals surface area contributed by atoms with Gasteiger partial charge in [-0.15, -0.1) is 0 Å². The quantitative estimate of drug-likeness (QED) is 0.423. The Morgan fingerprint density at radius 3 is 2.40 bits per heavy atom. The molecule has 0 amide bonds. The summed E-state index contributed by atoms with van der Waals surface area (Å²) in [4.78, 5) is 12.9. The number of hydrogen-bond acceptors (Lipinski definition) is 2. The lowest BCUT2D eigenvalue weighted by Gasteiger charge is -2.06. The Morgan fingerprint density at radius 2 is 1.93 bits per heavy atom. The average Bonchev–Trinajstić information content (AvgIpc) is 2.18. The van der Waals surface area contributed by atoms with Crippen molar-refractivity contribution >= 4 is 6.08 Å². The molecule has 1 aromatic carbocycles. The first-order valence-electron chi connectivity index (χ1n) is 4.93. The molecule has 0 saturated heterocycles. The maximum absolute atomic E-state index is 13.1. The van der Waals surface area contributed by atoms with Crippen molar-refractivity contribution < 1.29 is 9.18 Å². The molecule has 1 atom stereocenters. The standard InChI is InChI=1S/C12H14FNO/c1-9(2)7-10-3-5-11(6-4-10)12(13)14-8-15/h3-6,9,12H,7H2,1-2H3. The molecule has 1 aromatic rings. The minimum absolute atomic E-state index is 0.394. The van der Waals surface area contributed by atoms with Crippen LogP contribution in [-0.4, -0.2) is 6.08 Å². The van der Waals surface area contributed by atoms with Gasteiger partial charge in [0.05, 0.1) is 0 Å². The van der Waals surface area contributed by atoms with Gasteiger partial charge < -0.3 is 0 Å². The average molecular weight is 207 g/mol. The van der Waals surface area contributed by atoms with E-state index < -0.39 is 6.30 Å². The lowest BCUT2D eigenvalue weighted by molar-refractivity contribution is 0.356. The van der Waals surface area contributed by atoms with Crippen LogP contribution in [0.2, 0.25) is 0 Å². The van der Waals surface area contributed by atoms with E-state index in [2.05, 4.69) is 18.8 Å². The third-order valence-electron chi connectivity index (χ3n) is 2.06. The molecular weight excluding hydrogens is 193 g/mol. The Labute approximate surface area is 88.8 Å². The van der Waals surface area contributed by atoms with Gasteiger partial charge in [-0.25, -0.2) is 9.18 Å². The van der Waals surface area contributed by atoms with Gasteiger partial charge in [-0.05, 0) is 17.9 Å². The predicted molar refractivity (Wildman–Crippen MR) is 57.0 cm³/mol. The highest BCUT2D eigenvalue weighted by Crippen LogP contribution is 2.19. The molecule has 0 aliphatic heterocycles. The molecule has 0 aromatic heterocycles. The normalized spacial score (nSPS) is 12.3. The van der Waals surface area contributed by atoms with Gasteiger partial charge in [0.25, 0.3) is 0 Å². The second-order valence-corrected chi connectivity index (χ2v) is 3.90. The highest BCUT2D eigenvalue weighted by molar-refractivity contribution is 5.35. The summed E-state index contributed by atoms with van der Waals surface area (Å²) >= 11 is 0. The van der Waals surface area contributed by atoms with Crippen LogP contribution >= 0.6 is 0 Å². The summed E-state index contributed by atoms with van der Waals surface area (Å²) in [6.45, 7) is 4.26. The number of carbonyl (C=O) groups excluding carboxylic acids is 1. The molecule has 15 heavy (non-hydrogen) atoms. The summed E-state index contributed by atoms with van der Waals surface area (Å²) in [5.74, 6) is 0.574. The van der Waals surface area contributed by atoms with Crippen molar-refractivity contribution in [2.24, 2.45) is 10.9 Å². The second-order valence-electron chi connectivity index (χ2n) is 3.90. The van der Waals surface area contributed by atoms with E-state index in [-0.39, 0.29) is 0 Å². The Kier molecular flexibility index (Phi) is 4.19. The smallest absolute Gasteiger partial charge is 0.215 e. The highest BCUT2D eigenvalue weighted by Gasteiger charge is 2.07. The number of rotatable bonds is 4. The van der Waals surface area contributed by atoms with Crippen LogP contribution in [0, 0.1) is 5.92 Å². The molecule has 0 spiro atoms. The zero-order valence-electron chi connectivity index (χ0n) is 8.90. The van der Waals surface area contributed by atoms with E-state index in [0.717, 1.165) is 12.0 Å². The van der Waals surface area contributed by atoms with Gasteiger partial charge in [0.1, 0.15) is 0 Å². The number of alkyl halides is 1. The number of hydrogen-bond donors (Lipinski definition) is 0. The SMILES string of the molecule is CC(C)Cc1ccc(C(F)N=C=O)cc1. The van der Waals surface area contributed by atoms with E-state index in [4.69, 9.17) is 0 Å². The van der Waals surface area contributed by atoms with Crippen LogP contribution < -0.4 is 0 Å². The Morgan fingerprint density at radius 1 is 1.33 bits per heavy atom. The summed E-state index contributed by atoms with van der Waals surface area (Å²) in [5, 5.41) is 0. The minimum Gasteiger partial charge on any atom is -0.215 e. The molecule has 0 N–H and O–H groups in total. The second kappa shape index (κ2) is 5.42. The molecule has 3 heteroatoms. The molecular formula is C12H14FNO. The lowest BCUT2D eigenvalue weighted by Crippen LogP contribution is -1.94. The van der Waals surface area contributed by atoms with E-state index in [1.807, 2.05) is 12.1 Å². The molecule has 0 radical (unpaired) electrons. The van der Waals surface area contributed by atoms with E-state index in [1.165, 1.54) is 6.08 Å². The first-order valence-corrected chi connectivity index (χ1v) is 4.93. The van der Waals surface area contributed by atoms with E-state index in [1.54, 1.807) is 12.1 Å². The van der Waals surface area contributed by atoms with Crippen LogP contribution in [0.25, 0.3) is 0 Å². The first kappa shape index (κ1) is 11.6. The van der Waals surface area contributed by atoms with Crippen LogP contribution in [0.4, 0.5) is 4.39 Å². The van der Waals surface area contributed by atoms with Gasteiger partial charge in [-0.2, -0.15) is 4.99 Å². The van der Waals surface area contributed by atoms with Crippen molar-refractivity contribution in [1.29, 1.82) is 0 Å². The zero-order chi connectivity index (χ0) is 11.3. The third kappa shape index (κ3) is 3.64. The fourth-order valence-corrected chi connectivity index (χ4v) is 1.40. The summed E-state index contributed by atoms with van der Waals surface area (Å²) in [7, 11) is 0. The van der Waals surface area contributed by atoms with Crippen LogP contribution in [0.3, 0.4) is 0 Å². The van der Waals surface area contributed by atoms with E-state index in [9.17, 15) is 9.18 Å². The van der Waals surface area contributed by atoms with Gasteiger partial charge in [0, 0.05) is 5.56 Å². The van der Waals surface area contributed by atoms with E-state index >= 15 is 0 Å². The summed E-state index contributed by atoms with van der Waals surface area (Å²) in [6, 6.07) is 7.04. The number of benzene rings is 1. The minimum atomic E-state index is -1.59. The molecule has 0 aliphatic rings. The highest BCUT2D eigenvalue weighted by atomic mass is 19.1. The van der Waals surface area contributed by atoms with Gasteiger partial charge >= 0.3 is 0 Å². The van der Waals surface area contributed by atoms with Gasteiger partial charge in [0.2, 0.25) is 12.4 Å². The Bertz CT molecular complexity index is 352. The fourth-order valence-electron chi connectivity index (χ4n) is 1.40. The van der Waals surface area contributed by atoms with Crippen LogP contribution in [0.5, 0.6) is 0 Å². The van der Waals surface area contributed by atoms with Gasteiger partial charge in [-0.3, -0.25) is 0 Å². The summed E-state index contributed by atoms with van der Waals surface area (Å²) in [5.41, 5.74) is 1.56. The molecule has 0 fully saturated rings. The van der Waals surface area contributed by atoms with Gasteiger partial charge in [0.15, 0.2) is 0 Å². The predicted octanol–water partition coefficient (Wildman–Crippen LogP) is 3.19. The molecule has 2 nitrogen and oxygen atoms in total. The van der Waals surface area contributed by atoms with Gasteiger partial charge in [-0.1, -0.05) is 38.1 Å². The Balaban J connectivity index is 2.75. The third-order valence-corrected chi connectivity index (χ3v) is 2.06. The first-order chi connectivity index (χ1) is 7.13. The zero-order valence-corrected chi connectivity index (χ0v) is 8.90. The number of nitrogens with zero attached hydrogens (tertiary/aromatic N) is 1.